The van der Waals surface area contributed by atoms with Crippen molar-refractivity contribution < 1.29 is 9.90 Å². The van der Waals surface area contributed by atoms with Crippen molar-refractivity contribution in [2.24, 2.45) is 0 Å². The van der Waals surface area contributed by atoms with Crippen molar-refractivity contribution in [3.63, 3.8) is 0 Å². The molecule has 2 N–H and O–H groups in total. The van der Waals surface area contributed by atoms with Crippen LogP contribution in [0.4, 0.5) is 0 Å². The second kappa shape index (κ2) is 5.11. The summed E-state index contributed by atoms with van der Waals surface area (Å²) in [5.41, 5.74) is 0.497. The fourth-order valence-corrected chi connectivity index (χ4v) is 2.66. The van der Waals surface area contributed by atoms with Crippen LogP contribution in [0.5, 0.6) is 0 Å². The molecule has 6 nitrogen and oxygen atoms in total. The highest BCUT2D eigenvalue weighted by molar-refractivity contribution is 7.98. The molecule has 18 heavy (non-hydrogen) atoms. The molecule has 0 spiro atoms. The number of hydrogen-bond donors (Lipinski definition) is 2. The van der Waals surface area contributed by atoms with Gasteiger partial charge in [0.2, 0.25) is 0 Å². The number of H-pyrrole nitrogens is 1. The molecule has 0 saturated carbocycles. The van der Waals surface area contributed by atoms with E-state index in [4.69, 9.17) is 0 Å². The number of rotatable bonds is 2. The highest BCUT2D eigenvalue weighted by Gasteiger charge is 2.28. The number of amides is 1. The first-order chi connectivity index (χ1) is 8.52. The molecule has 7 heteroatoms. The monoisotopic (exact) mass is 269 g/mol. The van der Waals surface area contributed by atoms with Gasteiger partial charge in [0.05, 0.1) is 11.7 Å². The minimum absolute atomic E-state index is 0.183. The molecule has 1 aliphatic heterocycles. The minimum Gasteiger partial charge on any atom is -0.391 e. The second-order valence-corrected chi connectivity index (χ2v) is 5.04. The lowest BCUT2D eigenvalue weighted by atomic mass is 10.2. The summed E-state index contributed by atoms with van der Waals surface area (Å²) >= 11 is 1.27. The zero-order valence-corrected chi connectivity index (χ0v) is 11.1. The quantitative estimate of drug-likeness (QED) is 0.583. The molecular weight excluding hydrogens is 254 g/mol. The first-order valence-corrected chi connectivity index (χ1v) is 6.87. The highest BCUT2D eigenvalue weighted by Crippen LogP contribution is 2.22. The van der Waals surface area contributed by atoms with Crippen LogP contribution in [0, 0.1) is 6.92 Å². The van der Waals surface area contributed by atoms with Gasteiger partial charge in [0.15, 0.2) is 0 Å². The van der Waals surface area contributed by atoms with Crippen molar-refractivity contribution in [1.82, 2.24) is 14.9 Å². The highest BCUT2D eigenvalue weighted by atomic mass is 32.2. The Morgan fingerprint density at radius 1 is 1.61 bits per heavy atom. The molecule has 1 aliphatic rings. The minimum atomic E-state index is -0.456. The van der Waals surface area contributed by atoms with Crippen molar-refractivity contribution in [3.05, 3.63) is 21.7 Å². The van der Waals surface area contributed by atoms with Gasteiger partial charge in [-0.05, 0) is 19.6 Å². The molecule has 0 bridgehead atoms. The zero-order chi connectivity index (χ0) is 13.3. The summed E-state index contributed by atoms with van der Waals surface area (Å²) in [6, 6.07) is 0. The molecule has 0 aliphatic carbocycles. The van der Waals surface area contributed by atoms with E-state index in [-0.39, 0.29) is 5.91 Å². The third-order valence-electron chi connectivity index (χ3n) is 2.94. The van der Waals surface area contributed by atoms with E-state index in [2.05, 4.69) is 9.97 Å². The lowest BCUT2D eigenvalue weighted by molar-refractivity contribution is 0.0759. The normalized spacial score (nSPS) is 19.3. The number of likely N-dealkylation sites (tertiary alicyclic amines) is 1. The van der Waals surface area contributed by atoms with Crippen LogP contribution in [0.2, 0.25) is 0 Å². The molecule has 1 amide bonds. The first kappa shape index (κ1) is 13.1. The molecule has 1 aromatic rings. The summed E-state index contributed by atoms with van der Waals surface area (Å²) in [5.74, 6) is -0.183. The van der Waals surface area contributed by atoms with E-state index >= 15 is 0 Å². The van der Waals surface area contributed by atoms with Crippen LogP contribution in [-0.2, 0) is 0 Å². The maximum atomic E-state index is 12.3. The summed E-state index contributed by atoms with van der Waals surface area (Å²) in [4.78, 5) is 31.6. The van der Waals surface area contributed by atoms with E-state index in [0.717, 1.165) is 0 Å². The number of nitrogens with zero attached hydrogens (tertiary/aromatic N) is 2. The number of aryl methyl sites for hydroxylation is 1. The predicted molar refractivity (Wildman–Crippen MR) is 67.9 cm³/mol. The van der Waals surface area contributed by atoms with Crippen LogP contribution in [0.3, 0.4) is 0 Å². The fourth-order valence-electron chi connectivity index (χ4n) is 2.04. The van der Waals surface area contributed by atoms with E-state index < -0.39 is 11.8 Å². The Hall–Kier alpha value is -1.34. The summed E-state index contributed by atoms with van der Waals surface area (Å²) in [7, 11) is 0. The van der Waals surface area contributed by atoms with Crippen molar-refractivity contribution in [2.45, 2.75) is 24.5 Å². The SMILES string of the molecule is CSc1nc(=O)[nH]c(C)c1C(=O)N1CCC(O)C1. The van der Waals surface area contributed by atoms with Crippen LogP contribution in [0.1, 0.15) is 22.5 Å². The Kier molecular flexibility index (Phi) is 3.72. The largest absolute Gasteiger partial charge is 0.391 e. The predicted octanol–water partition coefficient (Wildman–Crippen LogP) is 0.00702. The van der Waals surface area contributed by atoms with Gasteiger partial charge in [0.1, 0.15) is 5.03 Å². The average Bonchev–Trinajstić information content (AvgIpc) is 2.74. The maximum Gasteiger partial charge on any atom is 0.346 e. The fraction of sp³-hybridized carbons (Fsp3) is 0.545. The number of carbonyl (C=O) groups excluding carboxylic acids is 1. The van der Waals surface area contributed by atoms with E-state index in [1.807, 2.05) is 0 Å². The Morgan fingerprint density at radius 2 is 2.33 bits per heavy atom. The zero-order valence-electron chi connectivity index (χ0n) is 10.3. The van der Waals surface area contributed by atoms with Crippen molar-refractivity contribution in [2.75, 3.05) is 19.3 Å². The van der Waals surface area contributed by atoms with E-state index in [1.54, 1.807) is 18.1 Å². The van der Waals surface area contributed by atoms with Gasteiger partial charge >= 0.3 is 5.69 Å². The number of aliphatic hydroxyl groups excluding tert-OH is 1. The molecule has 1 aromatic heterocycles. The van der Waals surface area contributed by atoms with Gasteiger partial charge in [0, 0.05) is 18.8 Å². The number of carbonyl (C=O) groups is 1. The summed E-state index contributed by atoms with van der Waals surface area (Å²) in [6.45, 7) is 2.56. The van der Waals surface area contributed by atoms with Crippen molar-refractivity contribution in [1.29, 1.82) is 0 Å². The maximum absolute atomic E-state index is 12.3. The molecule has 1 atom stereocenters. The van der Waals surface area contributed by atoms with E-state index in [0.29, 0.717) is 35.8 Å². The molecule has 2 heterocycles. The molecule has 0 radical (unpaired) electrons. The number of nitrogens with one attached hydrogen (secondary N) is 1. The molecular formula is C11H15N3O3S. The molecule has 1 saturated heterocycles. The lowest BCUT2D eigenvalue weighted by Crippen LogP contribution is -2.32. The standard InChI is InChI=1S/C11H15N3O3S/c1-6-8(9(18-2)13-11(17)12-6)10(16)14-4-3-7(15)5-14/h7,15H,3-5H2,1-2H3,(H,12,13,17). The Balaban J connectivity index is 2.38. The number of aromatic nitrogens is 2. The van der Waals surface area contributed by atoms with Gasteiger partial charge in [0.25, 0.3) is 5.91 Å². The summed E-state index contributed by atoms with van der Waals surface area (Å²) < 4.78 is 0. The van der Waals surface area contributed by atoms with E-state index in [1.165, 1.54) is 11.8 Å². The van der Waals surface area contributed by atoms with Gasteiger partial charge in [-0.25, -0.2) is 4.79 Å². The van der Waals surface area contributed by atoms with Crippen LogP contribution >= 0.6 is 11.8 Å². The number of hydrogen-bond acceptors (Lipinski definition) is 5. The smallest absolute Gasteiger partial charge is 0.346 e. The van der Waals surface area contributed by atoms with Crippen molar-refractivity contribution >= 4 is 17.7 Å². The molecule has 0 aromatic carbocycles. The van der Waals surface area contributed by atoms with Crippen LogP contribution in [0.15, 0.2) is 9.82 Å². The average molecular weight is 269 g/mol. The molecule has 1 fully saturated rings. The number of aliphatic hydroxyl groups is 1. The van der Waals surface area contributed by atoms with Gasteiger partial charge in [-0.15, -0.1) is 11.8 Å². The van der Waals surface area contributed by atoms with Gasteiger partial charge in [-0.1, -0.05) is 0 Å². The Morgan fingerprint density at radius 3 is 2.89 bits per heavy atom. The van der Waals surface area contributed by atoms with Gasteiger partial charge in [-0.3, -0.25) is 4.79 Å². The van der Waals surface area contributed by atoms with Crippen LogP contribution < -0.4 is 5.69 Å². The second-order valence-electron chi connectivity index (χ2n) is 4.24. The van der Waals surface area contributed by atoms with Crippen LogP contribution in [0.25, 0.3) is 0 Å². The molecule has 98 valence electrons. The Bertz CT molecular complexity index is 529. The first-order valence-electron chi connectivity index (χ1n) is 5.65. The summed E-state index contributed by atoms with van der Waals surface area (Å²) in [6.07, 6.45) is 1.91. The summed E-state index contributed by atoms with van der Waals surface area (Å²) in [5, 5.41) is 9.90. The topological polar surface area (TPSA) is 86.3 Å². The van der Waals surface area contributed by atoms with Gasteiger partial charge in [-0.2, -0.15) is 4.98 Å². The molecule has 1 unspecified atom stereocenters. The lowest BCUT2D eigenvalue weighted by Gasteiger charge is -2.17. The van der Waals surface area contributed by atoms with E-state index in [9.17, 15) is 14.7 Å². The third kappa shape index (κ3) is 2.41. The van der Waals surface area contributed by atoms with Crippen LogP contribution in [-0.4, -0.2) is 51.3 Å². The van der Waals surface area contributed by atoms with Crippen molar-refractivity contribution in [3.8, 4) is 0 Å². The third-order valence-corrected chi connectivity index (χ3v) is 3.63. The number of β-amino-alcohol motifs (C(OH)–C–C–N with tert-alkyl or cyclic N) is 1. The number of aromatic amines is 1. The molecule has 2 rings (SSSR count). The Labute approximate surface area is 108 Å². The van der Waals surface area contributed by atoms with Gasteiger partial charge < -0.3 is 15.0 Å². The number of thioether (sulfide) groups is 1.